The Morgan fingerprint density at radius 1 is 1.12 bits per heavy atom. The first-order valence-electron chi connectivity index (χ1n) is 11.3. The van der Waals surface area contributed by atoms with Crippen LogP contribution in [-0.2, 0) is 9.53 Å². The Balaban J connectivity index is 1.18. The van der Waals surface area contributed by atoms with Crippen LogP contribution in [0, 0.1) is 11.6 Å². The molecule has 0 bridgehead atoms. The minimum atomic E-state index is -0.966. The van der Waals surface area contributed by atoms with Gasteiger partial charge in [0.15, 0.2) is 5.60 Å². The number of hydrogen-bond donors (Lipinski definition) is 1. The van der Waals surface area contributed by atoms with Gasteiger partial charge in [-0.1, -0.05) is 0 Å². The second-order valence-corrected chi connectivity index (χ2v) is 9.88. The van der Waals surface area contributed by atoms with Crippen LogP contribution in [-0.4, -0.2) is 60.7 Å². The molecule has 5 heterocycles. The maximum absolute atomic E-state index is 13.8. The number of amides is 1. The minimum Gasteiger partial charge on any atom is -0.374 e. The van der Waals surface area contributed by atoms with Gasteiger partial charge < -0.3 is 14.7 Å². The van der Waals surface area contributed by atoms with E-state index in [2.05, 4.69) is 10.2 Å². The largest absolute Gasteiger partial charge is 0.374 e. The Kier molecular flexibility index (Phi) is 5.25. The highest BCUT2D eigenvalue weighted by Crippen LogP contribution is 2.48. The van der Waals surface area contributed by atoms with E-state index in [0.29, 0.717) is 49.9 Å². The van der Waals surface area contributed by atoms with Crippen molar-refractivity contribution in [1.29, 1.82) is 0 Å². The summed E-state index contributed by atoms with van der Waals surface area (Å²) in [6.45, 7) is 0.934. The number of rotatable bonds is 4. The molecule has 1 spiro atoms. The van der Waals surface area contributed by atoms with Gasteiger partial charge in [0.05, 0.1) is 18.4 Å². The number of piperidine rings is 1. The van der Waals surface area contributed by atoms with E-state index in [9.17, 15) is 18.7 Å². The third kappa shape index (κ3) is 3.46. The lowest BCUT2D eigenvalue weighted by Gasteiger charge is -2.39. The molecule has 11 heteroatoms. The molecule has 1 amide bonds. The van der Waals surface area contributed by atoms with Gasteiger partial charge in [0.25, 0.3) is 5.91 Å². The molecule has 3 aromatic rings. The van der Waals surface area contributed by atoms with Crippen molar-refractivity contribution in [3.8, 4) is 5.00 Å². The number of ether oxygens (including phenoxy) is 1. The van der Waals surface area contributed by atoms with Gasteiger partial charge in [0, 0.05) is 24.7 Å². The molecule has 8 nitrogen and oxygen atoms in total. The number of thiophene rings is 1. The molecule has 0 saturated carbocycles. The molecule has 34 heavy (non-hydrogen) atoms. The summed E-state index contributed by atoms with van der Waals surface area (Å²) in [4.78, 5) is 18.6. The molecule has 3 aliphatic rings. The van der Waals surface area contributed by atoms with Crippen LogP contribution in [0.5, 0.6) is 0 Å². The van der Waals surface area contributed by atoms with Crippen LogP contribution in [0.1, 0.15) is 49.1 Å². The molecule has 3 atom stereocenters. The van der Waals surface area contributed by atoms with Crippen LogP contribution < -0.4 is 0 Å². The van der Waals surface area contributed by atoms with Crippen molar-refractivity contribution >= 4 is 17.2 Å². The first-order chi connectivity index (χ1) is 16.4. The fourth-order valence-corrected chi connectivity index (χ4v) is 6.30. The maximum atomic E-state index is 13.8. The quantitative estimate of drug-likeness (QED) is 0.609. The zero-order valence-corrected chi connectivity index (χ0v) is 19.0. The van der Waals surface area contributed by atoms with Crippen LogP contribution in [0.2, 0.25) is 0 Å². The number of aromatic nitrogens is 3. The van der Waals surface area contributed by atoms with E-state index in [1.165, 1.54) is 28.3 Å². The molecule has 2 aromatic heterocycles. The summed E-state index contributed by atoms with van der Waals surface area (Å²) in [6, 6.07) is 4.87. The van der Waals surface area contributed by atoms with Crippen molar-refractivity contribution in [1.82, 2.24) is 24.8 Å². The van der Waals surface area contributed by atoms with Gasteiger partial charge in [-0.15, -0.1) is 16.1 Å². The lowest BCUT2D eigenvalue weighted by atomic mass is 9.89. The van der Waals surface area contributed by atoms with Crippen LogP contribution in [0.15, 0.2) is 42.0 Å². The van der Waals surface area contributed by atoms with Crippen LogP contribution in [0.4, 0.5) is 8.78 Å². The third-order valence-electron chi connectivity index (χ3n) is 7.09. The lowest BCUT2D eigenvalue weighted by molar-refractivity contribution is -0.147. The average molecular weight is 488 g/mol. The Morgan fingerprint density at radius 3 is 2.53 bits per heavy atom. The summed E-state index contributed by atoms with van der Waals surface area (Å²) in [6.07, 6.45) is 4.00. The van der Waals surface area contributed by atoms with E-state index in [4.69, 9.17) is 4.74 Å². The third-order valence-corrected chi connectivity index (χ3v) is 7.99. The number of carbonyl (C=O) groups is 1. The predicted octanol–water partition coefficient (Wildman–Crippen LogP) is 3.15. The molecule has 1 aromatic carbocycles. The van der Waals surface area contributed by atoms with Crippen molar-refractivity contribution in [3.63, 3.8) is 0 Å². The van der Waals surface area contributed by atoms with Crippen molar-refractivity contribution in [2.75, 3.05) is 13.1 Å². The Labute approximate surface area is 198 Å². The molecule has 3 fully saturated rings. The molecule has 3 aliphatic heterocycles. The summed E-state index contributed by atoms with van der Waals surface area (Å²) in [5, 5.41) is 22.0. The summed E-state index contributed by atoms with van der Waals surface area (Å²) >= 11 is 1.44. The zero-order valence-electron chi connectivity index (χ0n) is 18.2. The first-order valence-corrected chi connectivity index (χ1v) is 12.2. The number of hydrogen-bond acceptors (Lipinski definition) is 7. The van der Waals surface area contributed by atoms with Crippen LogP contribution in [0.25, 0.3) is 5.00 Å². The van der Waals surface area contributed by atoms with Gasteiger partial charge in [-0.2, -0.15) is 10.2 Å². The Hall–Kier alpha value is -2.73. The number of benzene rings is 1. The number of fused-ring (bicyclic) bond motifs is 1. The van der Waals surface area contributed by atoms with Crippen LogP contribution in [0.3, 0.4) is 0 Å². The van der Waals surface area contributed by atoms with Crippen molar-refractivity contribution < 1.29 is 23.4 Å². The highest BCUT2D eigenvalue weighted by molar-refractivity contribution is 7.12. The number of aliphatic hydroxyl groups is 1. The number of nitrogens with zero attached hydrogens (tertiary/aromatic N) is 5. The SMILES string of the molecule is O=C1N2C(CC[C@H]2c2cc(F)cc(F)c2)OC12CCN(C(O)c1ccsc1-n1nccn1)CC2. The Bertz CT molecular complexity index is 1190. The molecular weight excluding hydrogens is 464 g/mol. The second-order valence-electron chi connectivity index (χ2n) is 8.98. The average Bonchev–Trinajstić information content (AvgIpc) is 3.60. The van der Waals surface area contributed by atoms with Crippen molar-refractivity contribution in [2.24, 2.45) is 0 Å². The molecule has 3 saturated heterocycles. The number of carbonyl (C=O) groups excluding carboxylic acids is 1. The number of halogens is 2. The molecule has 2 unspecified atom stereocenters. The van der Waals surface area contributed by atoms with Crippen molar-refractivity contribution in [2.45, 2.75) is 49.8 Å². The molecule has 6 rings (SSSR count). The molecule has 1 N–H and O–H groups in total. The molecule has 0 aliphatic carbocycles. The van der Waals surface area contributed by atoms with E-state index in [0.717, 1.165) is 11.1 Å². The molecule has 178 valence electrons. The first kappa shape index (κ1) is 21.8. The highest BCUT2D eigenvalue weighted by Gasteiger charge is 2.58. The topological polar surface area (TPSA) is 83.7 Å². The van der Waals surface area contributed by atoms with Crippen molar-refractivity contribution in [3.05, 3.63) is 64.8 Å². The van der Waals surface area contributed by atoms with E-state index in [1.54, 1.807) is 17.3 Å². The van der Waals surface area contributed by atoms with E-state index < -0.39 is 35.7 Å². The summed E-state index contributed by atoms with van der Waals surface area (Å²) in [7, 11) is 0. The van der Waals surface area contributed by atoms with Gasteiger partial charge >= 0.3 is 0 Å². The smallest absolute Gasteiger partial charge is 0.257 e. The minimum absolute atomic E-state index is 0.129. The summed E-state index contributed by atoms with van der Waals surface area (Å²) in [5.74, 6) is -1.43. The van der Waals surface area contributed by atoms with E-state index >= 15 is 0 Å². The number of aliphatic hydroxyl groups excluding tert-OH is 1. The van der Waals surface area contributed by atoms with Gasteiger partial charge in [-0.25, -0.2) is 8.78 Å². The number of likely N-dealkylation sites (tertiary alicyclic amines) is 1. The van der Waals surface area contributed by atoms with Crippen LogP contribution >= 0.6 is 11.3 Å². The lowest BCUT2D eigenvalue weighted by Crippen LogP contribution is -2.51. The summed E-state index contributed by atoms with van der Waals surface area (Å²) in [5.41, 5.74) is 0.204. The van der Waals surface area contributed by atoms with E-state index in [1.807, 2.05) is 16.3 Å². The monoisotopic (exact) mass is 487 g/mol. The van der Waals surface area contributed by atoms with Gasteiger partial charge in [0.2, 0.25) is 0 Å². The normalized spacial score (nSPS) is 25.3. The van der Waals surface area contributed by atoms with Gasteiger partial charge in [-0.05, 0) is 54.8 Å². The standard InChI is InChI=1S/C23H23F2N5O3S/c24-15-11-14(12-16(25)13-15)18-1-2-19-29(18)22(32)23(33-19)4-8-28(9-5-23)20(31)17-3-10-34-21(17)30-26-6-7-27-30/h3,6-7,10-13,18-20,31H,1-2,4-5,8-9H2/t18-,19?,20?/m0/s1. The van der Waals surface area contributed by atoms with E-state index in [-0.39, 0.29) is 5.91 Å². The van der Waals surface area contributed by atoms with Gasteiger partial charge in [0.1, 0.15) is 29.1 Å². The summed E-state index contributed by atoms with van der Waals surface area (Å²) < 4.78 is 33.9. The Morgan fingerprint density at radius 2 is 1.82 bits per heavy atom. The fraction of sp³-hybridized carbons (Fsp3) is 0.435. The molecule has 0 radical (unpaired) electrons. The maximum Gasteiger partial charge on any atom is 0.257 e. The highest BCUT2D eigenvalue weighted by atomic mass is 32.1. The molecular formula is C23H23F2N5O3S. The van der Waals surface area contributed by atoms with Gasteiger partial charge in [-0.3, -0.25) is 9.69 Å². The predicted molar refractivity (Wildman–Crippen MR) is 118 cm³/mol. The zero-order chi connectivity index (χ0) is 23.4. The second kappa shape index (κ2) is 8.19. The fourth-order valence-electron chi connectivity index (χ4n) is 5.46.